The largest absolute Gasteiger partial charge is 0.395 e. The molecule has 1 saturated heterocycles. The van der Waals surface area contributed by atoms with E-state index in [4.69, 9.17) is 5.11 Å². The van der Waals surface area contributed by atoms with Crippen LogP contribution in [0.4, 0.5) is 0 Å². The van der Waals surface area contributed by atoms with Gasteiger partial charge in [0, 0.05) is 6.04 Å². The Balaban J connectivity index is 2.42. The van der Waals surface area contributed by atoms with E-state index >= 15 is 0 Å². The van der Waals surface area contributed by atoms with E-state index in [1.807, 2.05) is 11.8 Å². The summed E-state index contributed by atoms with van der Waals surface area (Å²) in [5.74, 6) is 0. The Morgan fingerprint density at radius 2 is 2.45 bits per heavy atom. The van der Waals surface area contributed by atoms with Crippen LogP contribution >= 0.6 is 11.8 Å². The van der Waals surface area contributed by atoms with Crippen LogP contribution in [0.3, 0.4) is 0 Å². The standard InChI is InChI=1S/C8H17NOS/c1-7(6-10)9-5-3-4-8(9)11-2/h7-8,10H,3-6H2,1-2H3. The minimum absolute atomic E-state index is 0.289. The second kappa shape index (κ2) is 4.33. The Hall–Kier alpha value is 0.270. The summed E-state index contributed by atoms with van der Waals surface area (Å²) in [5.41, 5.74) is 0. The number of rotatable bonds is 3. The topological polar surface area (TPSA) is 23.5 Å². The number of aliphatic hydroxyl groups excluding tert-OH is 1. The Labute approximate surface area is 73.0 Å². The first-order valence-electron chi connectivity index (χ1n) is 4.19. The van der Waals surface area contributed by atoms with Gasteiger partial charge in [-0.05, 0) is 32.6 Å². The quantitative estimate of drug-likeness (QED) is 0.696. The van der Waals surface area contributed by atoms with Crippen molar-refractivity contribution >= 4 is 11.8 Å². The fourth-order valence-electron chi connectivity index (χ4n) is 1.62. The van der Waals surface area contributed by atoms with Gasteiger partial charge in [0.15, 0.2) is 0 Å². The van der Waals surface area contributed by atoms with Crippen LogP contribution in [-0.4, -0.2) is 40.8 Å². The maximum atomic E-state index is 8.96. The van der Waals surface area contributed by atoms with Gasteiger partial charge in [-0.2, -0.15) is 0 Å². The average Bonchev–Trinajstić information content (AvgIpc) is 2.50. The Morgan fingerprint density at radius 1 is 1.73 bits per heavy atom. The zero-order chi connectivity index (χ0) is 8.27. The summed E-state index contributed by atoms with van der Waals surface area (Å²) in [7, 11) is 0. The first kappa shape index (κ1) is 9.36. The van der Waals surface area contributed by atoms with E-state index in [1.54, 1.807) is 0 Å². The second-order valence-corrected chi connectivity index (χ2v) is 4.12. The van der Waals surface area contributed by atoms with Gasteiger partial charge < -0.3 is 5.11 Å². The predicted molar refractivity (Wildman–Crippen MR) is 49.8 cm³/mol. The molecule has 2 nitrogen and oxygen atoms in total. The molecule has 0 saturated carbocycles. The summed E-state index contributed by atoms with van der Waals surface area (Å²) >= 11 is 1.90. The molecule has 0 aromatic carbocycles. The number of hydrogen-bond donors (Lipinski definition) is 1. The van der Waals surface area contributed by atoms with Crippen LogP contribution in [0.2, 0.25) is 0 Å². The van der Waals surface area contributed by atoms with Crippen LogP contribution in [-0.2, 0) is 0 Å². The van der Waals surface area contributed by atoms with Crippen molar-refractivity contribution in [1.82, 2.24) is 4.90 Å². The van der Waals surface area contributed by atoms with Crippen molar-refractivity contribution < 1.29 is 5.11 Å². The molecule has 1 rings (SSSR count). The molecule has 0 radical (unpaired) electrons. The van der Waals surface area contributed by atoms with E-state index in [0.717, 1.165) is 6.54 Å². The molecule has 0 spiro atoms. The van der Waals surface area contributed by atoms with Crippen LogP contribution in [0.15, 0.2) is 0 Å². The average molecular weight is 175 g/mol. The molecule has 0 bridgehead atoms. The van der Waals surface area contributed by atoms with E-state index in [9.17, 15) is 0 Å². The van der Waals surface area contributed by atoms with Gasteiger partial charge in [0.1, 0.15) is 0 Å². The van der Waals surface area contributed by atoms with E-state index in [1.165, 1.54) is 12.8 Å². The summed E-state index contributed by atoms with van der Waals surface area (Å²) in [4.78, 5) is 2.39. The third kappa shape index (κ3) is 2.10. The number of thioether (sulfide) groups is 1. The first-order chi connectivity index (χ1) is 5.29. The molecular weight excluding hydrogens is 158 g/mol. The number of nitrogens with zero attached hydrogens (tertiary/aromatic N) is 1. The van der Waals surface area contributed by atoms with Crippen LogP contribution in [0.1, 0.15) is 19.8 Å². The Morgan fingerprint density at radius 3 is 3.00 bits per heavy atom. The first-order valence-corrected chi connectivity index (χ1v) is 5.47. The highest BCUT2D eigenvalue weighted by Gasteiger charge is 2.26. The summed E-state index contributed by atoms with van der Waals surface area (Å²) in [6, 6.07) is 0.343. The molecule has 0 aromatic rings. The minimum Gasteiger partial charge on any atom is -0.395 e. The molecule has 1 aliphatic rings. The normalized spacial score (nSPS) is 29.2. The maximum Gasteiger partial charge on any atom is 0.0584 e. The van der Waals surface area contributed by atoms with Gasteiger partial charge in [0.05, 0.1) is 12.0 Å². The lowest BCUT2D eigenvalue weighted by molar-refractivity contribution is 0.150. The van der Waals surface area contributed by atoms with Crippen molar-refractivity contribution in [3.8, 4) is 0 Å². The Bertz CT molecular complexity index is 121. The molecule has 1 heterocycles. The summed E-state index contributed by atoms with van der Waals surface area (Å²) in [6.07, 6.45) is 4.72. The zero-order valence-corrected chi connectivity index (χ0v) is 8.10. The maximum absolute atomic E-state index is 8.96. The van der Waals surface area contributed by atoms with Crippen LogP contribution in [0.5, 0.6) is 0 Å². The van der Waals surface area contributed by atoms with Gasteiger partial charge in [0.2, 0.25) is 0 Å². The molecule has 1 fully saturated rings. The molecule has 66 valence electrons. The third-order valence-corrected chi connectivity index (χ3v) is 3.39. The van der Waals surface area contributed by atoms with Gasteiger partial charge in [-0.25, -0.2) is 0 Å². The summed E-state index contributed by atoms with van der Waals surface area (Å²) in [6.45, 7) is 3.54. The van der Waals surface area contributed by atoms with Crippen molar-refractivity contribution in [1.29, 1.82) is 0 Å². The van der Waals surface area contributed by atoms with E-state index in [0.29, 0.717) is 11.4 Å². The highest BCUT2D eigenvalue weighted by molar-refractivity contribution is 7.99. The van der Waals surface area contributed by atoms with Crippen LogP contribution in [0.25, 0.3) is 0 Å². The highest BCUT2D eigenvalue weighted by atomic mass is 32.2. The molecule has 2 unspecified atom stereocenters. The predicted octanol–water partition coefficient (Wildman–Crippen LogP) is 1.15. The van der Waals surface area contributed by atoms with Crippen LogP contribution < -0.4 is 0 Å². The second-order valence-electron chi connectivity index (χ2n) is 3.10. The Kier molecular flexibility index (Phi) is 3.69. The summed E-state index contributed by atoms with van der Waals surface area (Å²) < 4.78 is 0. The van der Waals surface area contributed by atoms with Gasteiger partial charge in [0.25, 0.3) is 0 Å². The number of aliphatic hydroxyl groups is 1. The van der Waals surface area contributed by atoms with Crippen molar-refractivity contribution in [2.45, 2.75) is 31.2 Å². The van der Waals surface area contributed by atoms with Crippen LogP contribution in [0, 0.1) is 0 Å². The van der Waals surface area contributed by atoms with Crippen molar-refractivity contribution in [2.24, 2.45) is 0 Å². The monoisotopic (exact) mass is 175 g/mol. The minimum atomic E-state index is 0.289. The molecule has 0 aromatic heterocycles. The molecule has 2 atom stereocenters. The summed E-state index contributed by atoms with van der Waals surface area (Å²) in [5, 5.41) is 9.61. The zero-order valence-electron chi connectivity index (χ0n) is 7.29. The van der Waals surface area contributed by atoms with Gasteiger partial charge in [-0.15, -0.1) is 11.8 Å². The SMILES string of the molecule is CSC1CCCN1C(C)CO. The molecular formula is C8H17NOS. The van der Waals surface area contributed by atoms with Crippen molar-refractivity contribution in [3.63, 3.8) is 0 Å². The van der Waals surface area contributed by atoms with Gasteiger partial charge in [-0.3, -0.25) is 4.90 Å². The van der Waals surface area contributed by atoms with Gasteiger partial charge in [-0.1, -0.05) is 0 Å². The third-order valence-electron chi connectivity index (χ3n) is 2.34. The van der Waals surface area contributed by atoms with Crippen molar-refractivity contribution in [3.05, 3.63) is 0 Å². The van der Waals surface area contributed by atoms with E-state index in [2.05, 4.69) is 18.1 Å². The highest BCUT2D eigenvalue weighted by Crippen LogP contribution is 2.26. The smallest absolute Gasteiger partial charge is 0.0584 e. The fourth-order valence-corrected chi connectivity index (χ4v) is 2.61. The molecule has 1 aliphatic heterocycles. The molecule has 1 N–H and O–H groups in total. The molecule has 11 heavy (non-hydrogen) atoms. The van der Waals surface area contributed by atoms with Crippen molar-refractivity contribution in [2.75, 3.05) is 19.4 Å². The molecule has 3 heteroatoms. The fraction of sp³-hybridized carbons (Fsp3) is 1.00. The molecule has 0 aliphatic carbocycles. The molecule has 0 amide bonds. The van der Waals surface area contributed by atoms with E-state index < -0.39 is 0 Å². The van der Waals surface area contributed by atoms with Gasteiger partial charge >= 0.3 is 0 Å². The lowest BCUT2D eigenvalue weighted by Crippen LogP contribution is -2.37. The lowest BCUT2D eigenvalue weighted by atomic mass is 10.3. The van der Waals surface area contributed by atoms with E-state index in [-0.39, 0.29) is 6.61 Å². The number of hydrogen-bond acceptors (Lipinski definition) is 3. The number of likely N-dealkylation sites (tertiary alicyclic amines) is 1. The lowest BCUT2D eigenvalue weighted by Gasteiger charge is -2.27.